The van der Waals surface area contributed by atoms with Gasteiger partial charge in [0.1, 0.15) is 6.54 Å². The van der Waals surface area contributed by atoms with Gasteiger partial charge in [-0.1, -0.05) is 0 Å². The minimum absolute atomic E-state index is 0.228. The number of carbonyl (C=O) groups is 1. The van der Waals surface area contributed by atoms with Crippen molar-refractivity contribution in [1.82, 2.24) is 10.2 Å². The fraction of sp³-hybridized carbons (Fsp3) is 0.929. The van der Waals surface area contributed by atoms with E-state index in [-0.39, 0.29) is 30.2 Å². The molecule has 1 unspecified atom stereocenters. The number of nitrogens with zero attached hydrogens (tertiary/aromatic N) is 1. The Labute approximate surface area is 117 Å². The van der Waals surface area contributed by atoms with E-state index in [0.29, 0.717) is 0 Å². The van der Waals surface area contributed by atoms with Crippen molar-refractivity contribution in [3.63, 3.8) is 0 Å². The van der Waals surface area contributed by atoms with Gasteiger partial charge in [0.05, 0.1) is 0 Å². The number of hydrogen-bond donors (Lipinski definition) is 1. The summed E-state index contributed by atoms with van der Waals surface area (Å²) in [7, 11) is 0. The topological polar surface area (TPSA) is 32.3 Å². The number of alkyl halides is 3. The Hall–Kier alpha value is -0.780. The average Bonchev–Trinajstić information content (AvgIpc) is 3.19. The second-order valence-electron chi connectivity index (χ2n) is 6.11. The summed E-state index contributed by atoms with van der Waals surface area (Å²) in [5.41, 5.74) is 0. The van der Waals surface area contributed by atoms with Crippen LogP contribution in [0.15, 0.2) is 0 Å². The highest BCUT2D eigenvalue weighted by Gasteiger charge is 2.40. The number of halogens is 3. The van der Waals surface area contributed by atoms with E-state index in [1.54, 1.807) is 6.92 Å². The number of rotatable bonds is 5. The fourth-order valence-electron chi connectivity index (χ4n) is 2.94. The van der Waals surface area contributed by atoms with Crippen molar-refractivity contribution in [2.75, 3.05) is 19.6 Å². The average molecular weight is 292 g/mol. The Morgan fingerprint density at radius 2 is 1.85 bits per heavy atom. The Morgan fingerprint density at radius 1 is 1.25 bits per heavy atom. The van der Waals surface area contributed by atoms with Crippen LogP contribution in [0.5, 0.6) is 0 Å². The van der Waals surface area contributed by atoms with Crippen LogP contribution in [-0.2, 0) is 4.79 Å². The van der Waals surface area contributed by atoms with Crippen LogP contribution in [0, 0.1) is 11.8 Å². The van der Waals surface area contributed by atoms with Crippen molar-refractivity contribution in [2.24, 2.45) is 11.8 Å². The Kier molecular flexibility index (Phi) is 4.94. The van der Waals surface area contributed by atoms with Gasteiger partial charge < -0.3 is 10.2 Å². The molecule has 20 heavy (non-hydrogen) atoms. The van der Waals surface area contributed by atoms with Gasteiger partial charge in [-0.2, -0.15) is 13.2 Å². The summed E-state index contributed by atoms with van der Waals surface area (Å²) in [6.45, 7) is 2.36. The molecule has 116 valence electrons. The highest BCUT2D eigenvalue weighted by molar-refractivity contribution is 5.77. The van der Waals surface area contributed by atoms with Crippen LogP contribution >= 0.6 is 0 Å². The maximum absolute atomic E-state index is 12.7. The first kappa shape index (κ1) is 15.6. The lowest BCUT2D eigenvalue weighted by Gasteiger charge is -2.32. The van der Waals surface area contributed by atoms with Crippen molar-refractivity contribution in [3.05, 3.63) is 0 Å². The highest BCUT2D eigenvalue weighted by atomic mass is 19.4. The summed E-state index contributed by atoms with van der Waals surface area (Å²) in [5.74, 6) is 0.161. The summed E-state index contributed by atoms with van der Waals surface area (Å²) in [5, 5.41) is 3.20. The molecule has 0 aromatic carbocycles. The monoisotopic (exact) mass is 292 g/mol. The molecule has 1 amide bonds. The number of hydrogen-bond acceptors (Lipinski definition) is 2. The van der Waals surface area contributed by atoms with Gasteiger partial charge in [0.25, 0.3) is 0 Å². The largest absolute Gasteiger partial charge is 0.406 e. The second kappa shape index (κ2) is 6.33. The van der Waals surface area contributed by atoms with Crippen LogP contribution in [0.25, 0.3) is 0 Å². The molecular weight excluding hydrogens is 269 g/mol. The summed E-state index contributed by atoms with van der Waals surface area (Å²) in [4.78, 5) is 13.3. The zero-order valence-corrected chi connectivity index (χ0v) is 11.9. The SMILES string of the molecule is CC(C1CC1)N(CC(F)(F)F)C(=O)CC1CCNCC1. The summed E-state index contributed by atoms with van der Waals surface area (Å²) in [6.07, 6.45) is -0.416. The van der Waals surface area contributed by atoms with Crippen LogP contribution in [0.2, 0.25) is 0 Å². The van der Waals surface area contributed by atoms with Crippen LogP contribution in [0.3, 0.4) is 0 Å². The minimum atomic E-state index is -4.31. The molecule has 2 aliphatic rings. The molecule has 1 atom stereocenters. The maximum atomic E-state index is 12.7. The van der Waals surface area contributed by atoms with Gasteiger partial charge in [0.2, 0.25) is 5.91 Å². The van der Waals surface area contributed by atoms with E-state index >= 15 is 0 Å². The normalized spacial score (nSPS) is 22.6. The summed E-state index contributed by atoms with van der Waals surface area (Å²) in [6, 6.07) is -0.286. The number of carbonyl (C=O) groups excluding carboxylic acids is 1. The maximum Gasteiger partial charge on any atom is 0.406 e. The number of nitrogens with one attached hydrogen (secondary N) is 1. The van der Waals surface area contributed by atoms with E-state index in [1.807, 2.05) is 0 Å². The van der Waals surface area contributed by atoms with Crippen molar-refractivity contribution < 1.29 is 18.0 Å². The van der Waals surface area contributed by atoms with Gasteiger partial charge in [-0.3, -0.25) is 4.79 Å². The first-order valence-electron chi connectivity index (χ1n) is 7.44. The minimum Gasteiger partial charge on any atom is -0.331 e. The van der Waals surface area contributed by atoms with Crippen molar-refractivity contribution in [2.45, 2.75) is 51.2 Å². The second-order valence-corrected chi connectivity index (χ2v) is 6.11. The first-order chi connectivity index (χ1) is 9.37. The molecule has 0 radical (unpaired) electrons. The van der Waals surface area contributed by atoms with Gasteiger partial charge in [0, 0.05) is 12.5 Å². The van der Waals surface area contributed by atoms with Gasteiger partial charge in [-0.05, 0) is 57.5 Å². The lowest BCUT2D eigenvalue weighted by molar-refractivity contribution is -0.166. The molecule has 3 nitrogen and oxygen atoms in total. The van der Waals surface area contributed by atoms with Crippen molar-refractivity contribution in [3.8, 4) is 0 Å². The van der Waals surface area contributed by atoms with Crippen LogP contribution in [0.4, 0.5) is 13.2 Å². The van der Waals surface area contributed by atoms with Gasteiger partial charge in [-0.15, -0.1) is 0 Å². The van der Waals surface area contributed by atoms with Crippen LogP contribution in [0.1, 0.15) is 39.0 Å². The van der Waals surface area contributed by atoms with E-state index < -0.39 is 12.7 Å². The molecule has 1 saturated carbocycles. The molecule has 1 aliphatic carbocycles. The predicted molar refractivity (Wildman–Crippen MR) is 70.2 cm³/mol. The molecule has 1 N–H and O–H groups in total. The molecule has 0 aromatic rings. The third-order valence-electron chi connectivity index (χ3n) is 4.39. The standard InChI is InChI=1S/C14H23F3N2O/c1-10(12-2-3-12)19(9-14(15,16)17)13(20)8-11-4-6-18-7-5-11/h10-12,18H,2-9H2,1H3. The van der Waals surface area contributed by atoms with E-state index in [2.05, 4.69) is 5.32 Å². The Morgan fingerprint density at radius 3 is 2.35 bits per heavy atom. The molecule has 2 fully saturated rings. The highest BCUT2D eigenvalue weighted by Crippen LogP contribution is 2.36. The third-order valence-corrected chi connectivity index (χ3v) is 4.39. The molecule has 0 aromatic heterocycles. The summed E-state index contributed by atoms with van der Waals surface area (Å²) < 4.78 is 38.1. The van der Waals surface area contributed by atoms with E-state index in [1.165, 1.54) is 0 Å². The van der Waals surface area contributed by atoms with Gasteiger partial charge >= 0.3 is 6.18 Å². The van der Waals surface area contributed by atoms with Crippen molar-refractivity contribution >= 4 is 5.91 Å². The molecule has 0 spiro atoms. The predicted octanol–water partition coefficient (Wildman–Crippen LogP) is 2.57. The lowest BCUT2D eigenvalue weighted by Crippen LogP contribution is -2.46. The molecule has 1 heterocycles. The zero-order chi connectivity index (χ0) is 14.8. The van der Waals surface area contributed by atoms with Gasteiger partial charge in [-0.25, -0.2) is 0 Å². The molecule has 2 rings (SSSR count). The molecule has 1 saturated heterocycles. The van der Waals surface area contributed by atoms with E-state index in [4.69, 9.17) is 0 Å². The van der Waals surface area contributed by atoms with Gasteiger partial charge in [0.15, 0.2) is 0 Å². The number of amides is 1. The lowest BCUT2D eigenvalue weighted by atomic mass is 9.93. The molecule has 0 bridgehead atoms. The zero-order valence-electron chi connectivity index (χ0n) is 11.9. The third kappa shape index (κ3) is 4.65. The molecular formula is C14H23F3N2O. The first-order valence-corrected chi connectivity index (χ1v) is 7.44. The Balaban J connectivity index is 1.94. The number of piperidine rings is 1. The van der Waals surface area contributed by atoms with E-state index in [0.717, 1.165) is 43.7 Å². The smallest absolute Gasteiger partial charge is 0.331 e. The van der Waals surface area contributed by atoms with Crippen LogP contribution in [-0.4, -0.2) is 42.7 Å². The van der Waals surface area contributed by atoms with Crippen molar-refractivity contribution in [1.29, 1.82) is 0 Å². The Bertz CT molecular complexity index is 336. The molecule has 1 aliphatic heterocycles. The summed E-state index contributed by atoms with van der Waals surface area (Å²) >= 11 is 0. The fourth-order valence-corrected chi connectivity index (χ4v) is 2.94. The quantitative estimate of drug-likeness (QED) is 0.844. The van der Waals surface area contributed by atoms with Crippen LogP contribution < -0.4 is 5.32 Å². The molecule has 6 heteroatoms. The van der Waals surface area contributed by atoms with E-state index in [9.17, 15) is 18.0 Å².